The van der Waals surface area contributed by atoms with Gasteiger partial charge in [0.05, 0.1) is 17.4 Å². The van der Waals surface area contributed by atoms with Gasteiger partial charge in [0.1, 0.15) is 5.60 Å². The van der Waals surface area contributed by atoms with Crippen molar-refractivity contribution in [2.75, 3.05) is 13.6 Å². The number of nitrogens with zero attached hydrogens (tertiary/aromatic N) is 1. The van der Waals surface area contributed by atoms with Gasteiger partial charge in [-0.15, -0.1) is 0 Å². The van der Waals surface area contributed by atoms with Crippen LogP contribution in [-0.2, 0) is 26.2 Å². The molecule has 9 nitrogen and oxygen atoms in total. The number of hydrogen-bond acceptors (Lipinski definition) is 8. The molecular weight excluding hydrogens is 414 g/mol. The first kappa shape index (κ1) is 21.2. The molecule has 1 saturated carbocycles. The molecule has 172 valence electrons. The van der Waals surface area contributed by atoms with Gasteiger partial charge in [0.25, 0.3) is 0 Å². The molecule has 0 radical (unpaired) electrons. The van der Waals surface area contributed by atoms with Gasteiger partial charge in [0.2, 0.25) is 0 Å². The van der Waals surface area contributed by atoms with E-state index in [9.17, 15) is 14.4 Å². The lowest BCUT2D eigenvalue weighted by atomic mass is 9.49. The third-order valence-corrected chi connectivity index (χ3v) is 8.12. The number of rotatable bonds is 4. The number of esters is 1. The molecule has 6 atom stereocenters. The van der Waals surface area contributed by atoms with Gasteiger partial charge in [0, 0.05) is 18.0 Å². The highest BCUT2D eigenvalue weighted by molar-refractivity contribution is 5.90. The maximum absolute atomic E-state index is 13.1. The Labute approximate surface area is 186 Å². The van der Waals surface area contributed by atoms with Crippen LogP contribution in [0.4, 0.5) is 4.79 Å². The largest absolute Gasteiger partial charge is 0.477 e. The number of ketones is 1. The molecule has 32 heavy (non-hydrogen) atoms. The summed E-state index contributed by atoms with van der Waals surface area (Å²) in [6, 6.07) is 3.14. The Bertz CT molecular complexity index is 1030. The highest BCUT2D eigenvalue weighted by Gasteiger charge is 2.75. The van der Waals surface area contributed by atoms with Gasteiger partial charge in [-0.1, -0.05) is 13.0 Å². The van der Waals surface area contributed by atoms with Crippen molar-refractivity contribution in [3.8, 4) is 11.5 Å². The Morgan fingerprint density at radius 2 is 2.03 bits per heavy atom. The lowest BCUT2D eigenvalue weighted by molar-refractivity contribution is -0.184. The monoisotopic (exact) mass is 443 g/mol. The van der Waals surface area contributed by atoms with Gasteiger partial charge in [-0.3, -0.25) is 14.5 Å². The van der Waals surface area contributed by atoms with E-state index >= 15 is 0 Å². The van der Waals surface area contributed by atoms with Crippen molar-refractivity contribution in [2.24, 2.45) is 17.4 Å². The molecule has 2 bridgehead atoms. The Morgan fingerprint density at radius 1 is 1.28 bits per heavy atom. The molecule has 0 aromatic heterocycles. The lowest BCUT2D eigenvalue weighted by Crippen LogP contribution is -2.77. The molecule has 2 heterocycles. The van der Waals surface area contributed by atoms with E-state index < -0.39 is 35.1 Å². The Morgan fingerprint density at radius 3 is 2.72 bits per heavy atom. The van der Waals surface area contributed by atoms with E-state index in [1.165, 1.54) is 0 Å². The molecule has 1 saturated heterocycles. The average molecular weight is 444 g/mol. The van der Waals surface area contributed by atoms with E-state index in [1.807, 2.05) is 13.1 Å². The van der Waals surface area contributed by atoms with E-state index in [0.29, 0.717) is 31.6 Å². The smallest absolute Gasteiger partial charge is 0.405 e. The second-order valence-electron chi connectivity index (χ2n) is 9.69. The molecule has 2 aliphatic heterocycles. The van der Waals surface area contributed by atoms with Crippen LogP contribution in [0.3, 0.4) is 0 Å². The number of likely N-dealkylation sites (tertiary alicyclic amines) is 1. The molecule has 2 fully saturated rings. The zero-order valence-electron chi connectivity index (χ0n) is 18.6. The van der Waals surface area contributed by atoms with Crippen LogP contribution in [0, 0.1) is 5.92 Å². The predicted octanol–water partition coefficient (Wildman–Crippen LogP) is 1.03. The van der Waals surface area contributed by atoms with E-state index in [4.69, 9.17) is 25.7 Å². The summed E-state index contributed by atoms with van der Waals surface area (Å²) in [5.74, 6) is -0.346. The number of likely N-dealkylation sites (N-methyl/N-ethyl adjacent to an activating group) is 1. The van der Waals surface area contributed by atoms with Crippen LogP contribution in [0.5, 0.6) is 11.5 Å². The number of hydrogen-bond donors (Lipinski definition) is 2. The minimum Gasteiger partial charge on any atom is -0.477 e. The Balaban J connectivity index is 1.69. The molecule has 1 unspecified atom stereocenters. The topological polar surface area (TPSA) is 134 Å². The molecule has 4 N–H and O–H groups in total. The molecule has 1 aromatic carbocycles. The van der Waals surface area contributed by atoms with Gasteiger partial charge in [-0.25, -0.2) is 4.79 Å². The van der Waals surface area contributed by atoms with Crippen LogP contribution in [0.25, 0.3) is 0 Å². The molecule has 9 heteroatoms. The molecule has 1 aromatic rings. The van der Waals surface area contributed by atoms with Crippen molar-refractivity contribution in [1.29, 1.82) is 0 Å². The minimum absolute atomic E-state index is 0.0396. The fourth-order valence-electron chi connectivity index (χ4n) is 6.38. The summed E-state index contributed by atoms with van der Waals surface area (Å²) in [7, 11) is 2.00. The quantitative estimate of drug-likeness (QED) is 0.521. The van der Waals surface area contributed by atoms with E-state index in [2.05, 4.69) is 4.90 Å². The van der Waals surface area contributed by atoms with Crippen molar-refractivity contribution >= 4 is 17.8 Å². The van der Waals surface area contributed by atoms with E-state index in [-0.39, 0.29) is 30.0 Å². The average Bonchev–Trinajstić information content (AvgIpc) is 3.09. The van der Waals surface area contributed by atoms with Gasteiger partial charge in [-0.05, 0) is 51.4 Å². The number of carbonyl (C=O) groups is 3. The maximum Gasteiger partial charge on any atom is 0.405 e. The lowest BCUT2D eigenvalue weighted by Gasteiger charge is -2.62. The molecule has 1 amide bonds. The maximum atomic E-state index is 13.1. The number of piperidine rings is 1. The molecule has 4 aliphatic rings. The number of nitrogens with two attached hydrogens (primary N) is 2. The summed E-state index contributed by atoms with van der Waals surface area (Å²) < 4.78 is 18.0. The standard InChI is InChI=1S/C23H29N3O6/c1-11(12(2)24)20(28)30-15-5-4-13-10-16-23(32-21(25)29)7-6-14(27)19-22(23,8-9-26(16)3)17(13)18(15)31-19/h4-5,11-12,16,19H,6-10,24H2,1-3H3,(H2,25,29)/t11?,12-,16-,19+,22+,23-/m1/s1. The first-order valence-corrected chi connectivity index (χ1v) is 11.1. The van der Waals surface area contributed by atoms with Gasteiger partial charge in [-0.2, -0.15) is 0 Å². The van der Waals surface area contributed by atoms with Crippen LogP contribution < -0.4 is 20.9 Å². The van der Waals surface area contributed by atoms with Gasteiger partial charge < -0.3 is 25.7 Å². The summed E-state index contributed by atoms with van der Waals surface area (Å²) in [6.45, 7) is 4.17. The van der Waals surface area contributed by atoms with E-state index in [1.54, 1.807) is 19.9 Å². The number of Topliss-reactive ketones (excluding diaryl/α,β-unsaturated/α-hetero) is 1. The number of benzene rings is 1. The van der Waals surface area contributed by atoms with Crippen LogP contribution in [-0.4, -0.2) is 60.1 Å². The summed E-state index contributed by atoms with van der Waals surface area (Å²) >= 11 is 0. The number of ether oxygens (including phenoxy) is 3. The third-order valence-electron chi connectivity index (χ3n) is 8.12. The highest BCUT2D eigenvalue weighted by atomic mass is 16.6. The normalized spacial score (nSPS) is 34.2. The van der Waals surface area contributed by atoms with Gasteiger partial charge >= 0.3 is 12.1 Å². The van der Waals surface area contributed by atoms with Crippen molar-refractivity contribution in [2.45, 2.75) is 68.7 Å². The fraction of sp³-hybridized carbons (Fsp3) is 0.609. The van der Waals surface area contributed by atoms with Gasteiger partial charge in [0.15, 0.2) is 23.4 Å². The van der Waals surface area contributed by atoms with Crippen molar-refractivity contribution in [3.05, 3.63) is 23.3 Å². The van der Waals surface area contributed by atoms with Crippen LogP contribution in [0.2, 0.25) is 0 Å². The number of carbonyl (C=O) groups excluding carboxylic acids is 3. The van der Waals surface area contributed by atoms with Crippen molar-refractivity contribution in [1.82, 2.24) is 4.90 Å². The first-order chi connectivity index (χ1) is 15.1. The second-order valence-corrected chi connectivity index (χ2v) is 9.69. The number of primary amides is 1. The summed E-state index contributed by atoms with van der Waals surface area (Å²) in [5.41, 5.74) is 11.4. The second kappa shape index (κ2) is 6.92. The first-order valence-electron chi connectivity index (χ1n) is 11.1. The minimum atomic E-state index is -0.982. The Hall–Kier alpha value is -2.65. The Kier molecular flexibility index (Phi) is 4.59. The van der Waals surface area contributed by atoms with Crippen LogP contribution >= 0.6 is 0 Å². The summed E-state index contributed by atoms with van der Waals surface area (Å²) in [4.78, 5) is 40.0. The molecule has 2 aliphatic carbocycles. The SMILES string of the molecule is CC(C(=O)Oc1ccc2c3c1O[C@H]1C(=O)CC[C@@]4(OC(N)=O)[C@@H](C2)N(C)CC[C@]314)[C@@H](C)N. The van der Waals surface area contributed by atoms with Crippen molar-refractivity contribution < 1.29 is 28.6 Å². The molecular formula is C23H29N3O6. The molecule has 5 rings (SSSR count). The summed E-state index contributed by atoms with van der Waals surface area (Å²) in [5, 5.41) is 0. The van der Waals surface area contributed by atoms with E-state index in [0.717, 1.165) is 11.1 Å². The zero-order valence-corrected chi connectivity index (χ0v) is 18.6. The zero-order chi connectivity index (χ0) is 23.0. The predicted molar refractivity (Wildman–Crippen MR) is 113 cm³/mol. The highest BCUT2D eigenvalue weighted by Crippen LogP contribution is 2.66. The number of amides is 1. The van der Waals surface area contributed by atoms with Crippen LogP contribution in [0.1, 0.15) is 44.2 Å². The third kappa shape index (κ3) is 2.55. The van der Waals surface area contributed by atoms with Crippen LogP contribution in [0.15, 0.2) is 12.1 Å². The summed E-state index contributed by atoms with van der Waals surface area (Å²) in [6.07, 6.45) is 0.118. The van der Waals surface area contributed by atoms with Crippen molar-refractivity contribution in [3.63, 3.8) is 0 Å². The molecule has 1 spiro atoms. The fourth-order valence-corrected chi connectivity index (χ4v) is 6.38.